The van der Waals surface area contributed by atoms with Gasteiger partial charge in [0.2, 0.25) is 0 Å². The summed E-state index contributed by atoms with van der Waals surface area (Å²) in [5.74, 6) is 0.641. The second kappa shape index (κ2) is 6.43. The molecule has 0 bridgehead atoms. The van der Waals surface area contributed by atoms with Gasteiger partial charge in [0.15, 0.2) is 0 Å². The molecule has 1 aliphatic rings. The maximum absolute atomic E-state index is 4.83. The summed E-state index contributed by atoms with van der Waals surface area (Å²) in [6, 6.07) is 2.87. The molecule has 1 saturated carbocycles. The standard InChI is InChI=1S/C16H27BrN2/c1-16(2,3)13(12-17)11-14-9-10-19(18-14)15-7-5-4-6-8-15/h9-10,13,15H,4-8,11-12H2,1-3H3. The molecule has 1 aromatic rings. The van der Waals surface area contributed by atoms with Gasteiger partial charge < -0.3 is 0 Å². The zero-order valence-corrected chi connectivity index (χ0v) is 14.1. The first kappa shape index (κ1) is 15.1. The van der Waals surface area contributed by atoms with E-state index in [2.05, 4.69) is 53.6 Å². The fraction of sp³-hybridized carbons (Fsp3) is 0.812. The first-order valence-corrected chi connectivity index (χ1v) is 8.73. The predicted octanol–water partition coefficient (Wildman–Crippen LogP) is 4.99. The van der Waals surface area contributed by atoms with Crippen molar-refractivity contribution >= 4 is 15.9 Å². The number of rotatable bonds is 4. The minimum absolute atomic E-state index is 0.331. The molecule has 19 heavy (non-hydrogen) atoms. The van der Waals surface area contributed by atoms with Gasteiger partial charge in [0.25, 0.3) is 0 Å². The number of nitrogens with zero attached hydrogens (tertiary/aromatic N) is 2. The van der Waals surface area contributed by atoms with Gasteiger partial charge in [-0.05, 0) is 36.7 Å². The Labute approximate surface area is 126 Å². The molecule has 2 rings (SSSR count). The Morgan fingerprint density at radius 3 is 2.58 bits per heavy atom. The molecule has 0 spiro atoms. The summed E-state index contributed by atoms with van der Waals surface area (Å²) in [5, 5.41) is 5.88. The van der Waals surface area contributed by atoms with Gasteiger partial charge in [-0.3, -0.25) is 4.68 Å². The van der Waals surface area contributed by atoms with Crippen molar-refractivity contribution in [1.82, 2.24) is 9.78 Å². The fourth-order valence-corrected chi connectivity index (χ4v) is 4.08. The van der Waals surface area contributed by atoms with E-state index in [4.69, 9.17) is 5.10 Å². The molecule has 2 nitrogen and oxygen atoms in total. The van der Waals surface area contributed by atoms with Crippen molar-refractivity contribution in [3.63, 3.8) is 0 Å². The van der Waals surface area contributed by atoms with Gasteiger partial charge >= 0.3 is 0 Å². The normalized spacial score (nSPS) is 19.6. The first-order valence-electron chi connectivity index (χ1n) is 7.60. The molecule has 0 aromatic carbocycles. The minimum atomic E-state index is 0.331. The van der Waals surface area contributed by atoms with E-state index in [0.717, 1.165) is 11.8 Å². The molecule has 0 amide bonds. The van der Waals surface area contributed by atoms with Crippen molar-refractivity contribution in [2.24, 2.45) is 11.3 Å². The van der Waals surface area contributed by atoms with Crippen LogP contribution in [-0.4, -0.2) is 15.1 Å². The summed E-state index contributed by atoms with van der Waals surface area (Å²) < 4.78 is 2.22. The Kier molecular flexibility index (Phi) is 5.10. The second-order valence-corrected chi connectivity index (χ2v) is 7.65. The van der Waals surface area contributed by atoms with Gasteiger partial charge in [0, 0.05) is 11.5 Å². The third kappa shape index (κ3) is 4.08. The molecule has 1 unspecified atom stereocenters. The molecule has 3 heteroatoms. The summed E-state index contributed by atoms with van der Waals surface area (Å²) in [4.78, 5) is 0. The van der Waals surface area contributed by atoms with Crippen molar-refractivity contribution < 1.29 is 0 Å². The lowest BCUT2D eigenvalue weighted by molar-refractivity contribution is 0.263. The Morgan fingerprint density at radius 1 is 1.32 bits per heavy atom. The molecule has 1 atom stereocenters. The average Bonchev–Trinajstić information content (AvgIpc) is 2.84. The van der Waals surface area contributed by atoms with Crippen molar-refractivity contribution in [1.29, 1.82) is 0 Å². The Morgan fingerprint density at radius 2 is 2.00 bits per heavy atom. The summed E-state index contributed by atoms with van der Waals surface area (Å²) in [6.07, 6.45) is 10.0. The quantitative estimate of drug-likeness (QED) is 0.713. The van der Waals surface area contributed by atoms with E-state index in [1.54, 1.807) is 0 Å². The van der Waals surface area contributed by atoms with Crippen LogP contribution in [0, 0.1) is 11.3 Å². The van der Waals surface area contributed by atoms with E-state index in [9.17, 15) is 0 Å². The maximum atomic E-state index is 4.83. The fourth-order valence-electron chi connectivity index (χ4n) is 2.88. The van der Waals surface area contributed by atoms with E-state index >= 15 is 0 Å². The van der Waals surface area contributed by atoms with E-state index in [1.807, 2.05) is 0 Å². The number of hydrogen-bond acceptors (Lipinski definition) is 1. The van der Waals surface area contributed by atoms with Gasteiger partial charge in [-0.25, -0.2) is 0 Å². The largest absolute Gasteiger partial charge is 0.269 e. The van der Waals surface area contributed by atoms with Crippen LogP contribution in [0.15, 0.2) is 12.3 Å². The molecule has 108 valence electrons. The first-order chi connectivity index (χ1) is 9.00. The van der Waals surface area contributed by atoms with Crippen LogP contribution < -0.4 is 0 Å². The Hall–Kier alpha value is -0.310. The van der Waals surface area contributed by atoms with Crippen LogP contribution in [0.3, 0.4) is 0 Å². The Bertz CT molecular complexity index is 386. The van der Waals surface area contributed by atoms with Gasteiger partial charge in [-0.1, -0.05) is 56.0 Å². The number of alkyl halides is 1. The summed E-state index contributed by atoms with van der Waals surface area (Å²) >= 11 is 3.66. The van der Waals surface area contributed by atoms with E-state index in [1.165, 1.54) is 37.8 Å². The number of hydrogen-bond donors (Lipinski definition) is 0. The van der Waals surface area contributed by atoms with E-state index in [-0.39, 0.29) is 0 Å². The predicted molar refractivity (Wildman–Crippen MR) is 84.8 cm³/mol. The molecule has 1 fully saturated rings. The molecule has 1 heterocycles. The van der Waals surface area contributed by atoms with Crippen molar-refractivity contribution in [2.45, 2.75) is 65.3 Å². The van der Waals surface area contributed by atoms with Crippen molar-refractivity contribution in [2.75, 3.05) is 5.33 Å². The van der Waals surface area contributed by atoms with E-state index in [0.29, 0.717) is 17.4 Å². The highest BCUT2D eigenvalue weighted by atomic mass is 79.9. The molecule has 1 aromatic heterocycles. The lowest BCUT2D eigenvalue weighted by Crippen LogP contribution is -2.24. The van der Waals surface area contributed by atoms with Crippen molar-refractivity contribution in [3.05, 3.63) is 18.0 Å². The maximum Gasteiger partial charge on any atom is 0.0628 e. The molecule has 0 N–H and O–H groups in total. The third-order valence-electron chi connectivity index (χ3n) is 4.48. The number of aromatic nitrogens is 2. The summed E-state index contributed by atoms with van der Waals surface area (Å²) in [6.45, 7) is 6.95. The second-order valence-electron chi connectivity index (χ2n) is 7.00. The monoisotopic (exact) mass is 326 g/mol. The smallest absolute Gasteiger partial charge is 0.0628 e. The van der Waals surface area contributed by atoms with Gasteiger partial charge in [-0.15, -0.1) is 0 Å². The summed E-state index contributed by atoms with van der Waals surface area (Å²) in [5.41, 5.74) is 1.59. The molecular weight excluding hydrogens is 300 g/mol. The van der Waals surface area contributed by atoms with Gasteiger partial charge in [0.05, 0.1) is 11.7 Å². The van der Waals surface area contributed by atoms with Crippen LogP contribution in [0.25, 0.3) is 0 Å². The highest BCUT2D eigenvalue weighted by Gasteiger charge is 2.25. The lowest BCUT2D eigenvalue weighted by Gasteiger charge is -2.28. The average molecular weight is 327 g/mol. The van der Waals surface area contributed by atoms with Gasteiger partial charge in [0.1, 0.15) is 0 Å². The Balaban J connectivity index is 2.00. The third-order valence-corrected chi connectivity index (χ3v) is 5.26. The van der Waals surface area contributed by atoms with Crippen LogP contribution >= 0.6 is 15.9 Å². The van der Waals surface area contributed by atoms with Crippen LogP contribution in [0.1, 0.15) is 64.6 Å². The SMILES string of the molecule is CC(C)(C)C(CBr)Cc1ccn(C2CCCCC2)n1. The zero-order valence-electron chi connectivity index (χ0n) is 12.5. The molecule has 0 saturated heterocycles. The molecule has 1 aliphatic carbocycles. The van der Waals surface area contributed by atoms with Gasteiger partial charge in [-0.2, -0.15) is 5.10 Å². The highest BCUT2D eigenvalue weighted by Crippen LogP contribution is 2.31. The lowest BCUT2D eigenvalue weighted by atomic mass is 9.79. The van der Waals surface area contributed by atoms with Crippen molar-refractivity contribution in [3.8, 4) is 0 Å². The number of halogens is 1. The minimum Gasteiger partial charge on any atom is -0.269 e. The van der Waals surface area contributed by atoms with E-state index < -0.39 is 0 Å². The topological polar surface area (TPSA) is 17.8 Å². The van der Waals surface area contributed by atoms with Crippen LogP contribution in [0.4, 0.5) is 0 Å². The molecular formula is C16H27BrN2. The zero-order chi connectivity index (χ0) is 13.9. The van der Waals surface area contributed by atoms with Crippen LogP contribution in [0.2, 0.25) is 0 Å². The van der Waals surface area contributed by atoms with Crippen LogP contribution in [-0.2, 0) is 6.42 Å². The summed E-state index contributed by atoms with van der Waals surface area (Å²) in [7, 11) is 0. The molecule has 0 aliphatic heterocycles. The van der Waals surface area contributed by atoms with Crippen LogP contribution in [0.5, 0.6) is 0 Å². The molecule has 0 radical (unpaired) electrons. The highest BCUT2D eigenvalue weighted by molar-refractivity contribution is 9.09.